The maximum absolute atomic E-state index is 8.55. The van der Waals surface area contributed by atoms with Crippen molar-refractivity contribution >= 4 is 27.6 Å². The Bertz CT molecular complexity index is 352. The second kappa shape index (κ2) is 9.07. The summed E-state index contributed by atoms with van der Waals surface area (Å²) in [6.07, 6.45) is 2.38. The molecule has 0 spiro atoms. The number of nitrogens with zero attached hydrogens (tertiary/aromatic N) is 2. The molecule has 7 heteroatoms. The van der Waals surface area contributed by atoms with E-state index in [-0.39, 0.29) is 6.61 Å². The zero-order valence-electron chi connectivity index (χ0n) is 10.4. The maximum atomic E-state index is 8.55. The van der Waals surface area contributed by atoms with Crippen molar-refractivity contribution in [3.05, 3.63) is 10.8 Å². The SMILES string of the molecule is CCNc1ncnc(NCCCOCCO)c1Br. The van der Waals surface area contributed by atoms with Crippen molar-refractivity contribution < 1.29 is 9.84 Å². The fourth-order valence-corrected chi connectivity index (χ4v) is 1.82. The second-order valence-corrected chi connectivity index (χ2v) is 4.32. The van der Waals surface area contributed by atoms with Crippen LogP contribution in [0.15, 0.2) is 10.8 Å². The van der Waals surface area contributed by atoms with E-state index >= 15 is 0 Å². The van der Waals surface area contributed by atoms with Crippen molar-refractivity contribution in [2.45, 2.75) is 13.3 Å². The van der Waals surface area contributed by atoms with Crippen LogP contribution in [-0.2, 0) is 4.74 Å². The molecule has 0 aliphatic heterocycles. The van der Waals surface area contributed by atoms with Crippen LogP contribution in [0.1, 0.15) is 13.3 Å². The molecular weight excluding hydrogens is 300 g/mol. The van der Waals surface area contributed by atoms with Gasteiger partial charge in [0.25, 0.3) is 0 Å². The molecule has 1 aromatic heterocycles. The van der Waals surface area contributed by atoms with E-state index in [1.54, 1.807) is 0 Å². The summed E-state index contributed by atoms with van der Waals surface area (Å²) in [6.45, 7) is 4.66. The van der Waals surface area contributed by atoms with Crippen molar-refractivity contribution in [1.29, 1.82) is 0 Å². The predicted molar refractivity (Wildman–Crippen MR) is 74.9 cm³/mol. The van der Waals surface area contributed by atoms with Crippen LogP contribution in [0, 0.1) is 0 Å². The average molecular weight is 319 g/mol. The van der Waals surface area contributed by atoms with Gasteiger partial charge in [-0.15, -0.1) is 0 Å². The first-order chi connectivity index (χ1) is 8.79. The van der Waals surface area contributed by atoms with E-state index in [1.807, 2.05) is 6.92 Å². The van der Waals surface area contributed by atoms with E-state index in [9.17, 15) is 0 Å². The summed E-state index contributed by atoms with van der Waals surface area (Å²) >= 11 is 3.46. The molecule has 1 heterocycles. The molecule has 0 saturated heterocycles. The molecule has 0 unspecified atom stereocenters. The summed E-state index contributed by atoms with van der Waals surface area (Å²) in [5.74, 6) is 1.55. The zero-order chi connectivity index (χ0) is 13.2. The number of aliphatic hydroxyl groups is 1. The molecule has 3 N–H and O–H groups in total. The average Bonchev–Trinajstić information content (AvgIpc) is 2.38. The highest BCUT2D eigenvalue weighted by molar-refractivity contribution is 9.10. The third-order valence-electron chi connectivity index (χ3n) is 2.13. The molecule has 1 aromatic rings. The number of hydrogen-bond acceptors (Lipinski definition) is 6. The Labute approximate surface area is 115 Å². The van der Waals surface area contributed by atoms with Gasteiger partial charge in [-0.3, -0.25) is 0 Å². The quantitative estimate of drug-likeness (QED) is 0.599. The molecule has 0 fully saturated rings. The molecule has 0 saturated carbocycles. The van der Waals surface area contributed by atoms with Gasteiger partial charge in [0.2, 0.25) is 0 Å². The molecule has 0 amide bonds. The van der Waals surface area contributed by atoms with Gasteiger partial charge >= 0.3 is 0 Å². The van der Waals surface area contributed by atoms with E-state index in [1.165, 1.54) is 6.33 Å². The van der Waals surface area contributed by atoms with Crippen LogP contribution in [0.4, 0.5) is 11.6 Å². The van der Waals surface area contributed by atoms with E-state index in [0.29, 0.717) is 13.2 Å². The number of ether oxygens (including phenoxy) is 1. The molecule has 0 aliphatic carbocycles. The molecule has 0 aliphatic rings. The highest BCUT2D eigenvalue weighted by Gasteiger charge is 2.06. The second-order valence-electron chi connectivity index (χ2n) is 3.53. The van der Waals surface area contributed by atoms with Gasteiger partial charge in [-0.2, -0.15) is 0 Å². The molecular formula is C11H19BrN4O2. The number of halogens is 1. The minimum Gasteiger partial charge on any atom is -0.394 e. The van der Waals surface area contributed by atoms with Crippen molar-refractivity contribution in [1.82, 2.24) is 9.97 Å². The Morgan fingerprint density at radius 3 is 2.67 bits per heavy atom. The Morgan fingerprint density at radius 1 is 1.28 bits per heavy atom. The van der Waals surface area contributed by atoms with Gasteiger partial charge in [0.05, 0.1) is 13.2 Å². The van der Waals surface area contributed by atoms with Crippen molar-refractivity contribution in [3.63, 3.8) is 0 Å². The van der Waals surface area contributed by atoms with Gasteiger partial charge < -0.3 is 20.5 Å². The Balaban J connectivity index is 2.35. The molecule has 0 atom stereocenters. The summed E-state index contributed by atoms with van der Waals surface area (Å²) in [6, 6.07) is 0. The van der Waals surface area contributed by atoms with Crippen LogP contribution >= 0.6 is 15.9 Å². The van der Waals surface area contributed by atoms with Crippen LogP contribution in [0.3, 0.4) is 0 Å². The van der Waals surface area contributed by atoms with Crippen molar-refractivity contribution in [2.24, 2.45) is 0 Å². The number of anilines is 2. The van der Waals surface area contributed by atoms with Crippen molar-refractivity contribution in [2.75, 3.05) is 43.5 Å². The summed E-state index contributed by atoms with van der Waals surface area (Å²) in [5, 5.41) is 14.9. The third kappa shape index (κ3) is 5.16. The Morgan fingerprint density at radius 2 is 2.00 bits per heavy atom. The summed E-state index contributed by atoms with van der Waals surface area (Å²) in [7, 11) is 0. The third-order valence-corrected chi connectivity index (χ3v) is 2.88. The van der Waals surface area contributed by atoms with Gasteiger partial charge in [0, 0.05) is 19.7 Å². The Kier molecular flexibility index (Phi) is 7.63. The molecule has 102 valence electrons. The van der Waals surface area contributed by atoms with Gasteiger partial charge in [0.1, 0.15) is 22.4 Å². The first kappa shape index (κ1) is 15.1. The monoisotopic (exact) mass is 318 g/mol. The van der Waals surface area contributed by atoms with Gasteiger partial charge in [-0.1, -0.05) is 0 Å². The first-order valence-corrected chi connectivity index (χ1v) is 6.75. The lowest BCUT2D eigenvalue weighted by Crippen LogP contribution is -2.10. The van der Waals surface area contributed by atoms with Crippen molar-refractivity contribution in [3.8, 4) is 0 Å². The first-order valence-electron chi connectivity index (χ1n) is 5.96. The van der Waals surface area contributed by atoms with Gasteiger partial charge in [-0.25, -0.2) is 9.97 Å². The largest absolute Gasteiger partial charge is 0.394 e. The van der Waals surface area contributed by atoms with E-state index in [4.69, 9.17) is 9.84 Å². The summed E-state index contributed by atoms with van der Waals surface area (Å²) in [5.41, 5.74) is 0. The maximum Gasteiger partial charge on any atom is 0.145 e. The zero-order valence-corrected chi connectivity index (χ0v) is 12.0. The van der Waals surface area contributed by atoms with Gasteiger partial charge in [-0.05, 0) is 29.3 Å². The molecule has 6 nitrogen and oxygen atoms in total. The molecule has 0 aromatic carbocycles. The fourth-order valence-electron chi connectivity index (χ4n) is 1.33. The normalized spacial score (nSPS) is 10.4. The van der Waals surface area contributed by atoms with Crippen LogP contribution in [0.2, 0.25) is 0 Å². The van der Waals surface area contributed by atoms with E-state index < -0.39 is 0 Å². The van der Waals surface area contributed by atoms with Crippen LogP contribution < -0.4 is 10.6 Å². The summed E-state index contributed by atoms with van der Waals surface area (Å²) in [4.78, 5) is 8.30. The Hall–Kier alpha value is -0.920. The standard InChI is InChI=1S/C11H19BrN4O2/c1-2-13-10-9(12)11(16-8-15-10)14-4-3-6-18-7-5-17/h8,17H,2-7H2,1H3,(H2,13,14,15,16). The minimum absolute atomic E-state index is 0.0664. The number of hydrogen-bond donors (Lipinski definition) is 3. The molecule has 18 heavy (non-hydrogen) atoms. The number of rotatable bonds is 9. The smallest absolute Gasteiger partial charge is 0.145 e. The van der Waals surface area contributed by atoms with Gasteiger partial charge in [0.15, 0.2) is 0 Å². The highest BCUT2D eigenvalue weighted by atomic mass is 79.9. The molecule has 1 rings (SSSR count). The van der Waals surface area contributed by atoms with Crippen LogP contribution in [0.25, 0.3) is 0 Å². The number of aliphatic hydroxyl groups excluding tert-OH is 1. The lowest BCUT2D eigenvalue weighted by atomic mass is 10.4. The number of nitrogens with one attached hydrogen (secondary N) is 2. The molecule has 0 radical (unpaired) electrons. The minimum atomic E-state index is 0.0664. The van der Waals surface area contributed by atoms with E-state index in [2.05, 4.69) is 36.5 Å². The summed E-state index contributed by atoms with van der Waals surface area (Å²) < 4.78 is 6.00. The fraction of sp³-hybridized carbons (Fsp3) is 0.636. The van der Waals surface area contributed by atoms with E-state index in [0.717, 1.165) is 35.6 Å². The lowest BCUT2D eigenvalue weighted by molar-refractivity contribution is 0.0922. The van der Waals surface area contributed by atoms with Crippen LogP contribution in [-0.4, -0.2) is 48.0 Å². The van der Waals surface area contributed by atoms with Crippen LogP contribution in [0.5, 0.6) is 0 Å². The predicted octanol–water partition coefficient (Wildman–Crippen LogP) is 1.48. The number of aromatic nitrogens is 2. The molecule has 0 bridgehead atoms. The lowest BCUT2D eigenvalue weighted by Gasteiger charge is -2.10. The highest BCUT2D eigenvalue weighted by Crippen LogP contribution is 2.26. The topological polar surface area (TPSA) is 79.3 Å².